The van der Waals surface area contributed by atoms with Crippen LogP contribution in [0.25, 0.3) is 0 Å². The molecule has 1 aromatic carbocycles. The van der Waals surface area contributed by atoms with E-state index in [0.29, 0.717) is 26.4 Å². The molecule has 0 amide bonds. The average Bonchev–Trinajstić information content (AvgIpc) is 2.61. The van der Waals surface area contributed by atoms with E-state index in [4.69, 9.17) is 9.47 Å². The van der Waals surface area contributed by atoms with E-state index >= 15 is 0 Å². The van der Waals surface area contributed by atoms with Crippen LogP contribution in [0, 0.1) is 20.2 Å². The molecule has 1 fully saturated rings. The van der Waals surface area contributed by atoms with Crippen molar-refractivity contribution in [2.24, 2.45) is 0 Å². The summed E-state index contributed by atoms with van der Waals surface area (Å²) in [6.07, 6.45) is 2.29. The molecule has 0 spiro atoms. The van der Waals surface area contributed by atoms with E-state index in [2.05, 4.69) is 10.6 Å². The Labute approximate surface area is 144 Å². The highest BCUT2D eigenvalue weighted by atomic mass is 16.6. The Balaban J connectivity index is 1.67. The Kier molecular flexibility index (Phi) is 7.51. The SMILES string of the molecule is O=[N+]([O-])c1ccc(NCCOCCOC2CCNCC2)c([N+](=O)[O-])c1. The van der Waals surface area contributed by atoms with Crippen LogP contribution >= 0.6 is 0 Å². The number of non-ortho nitro benzene ring substituents is 1. The van der Waals surface area contributed by atoms with Gasteiger partial charge in [0.2, 0.25) is 0 Å². The molecule has 1 aliphatic rings. The van der Waals surface area contributed by atoms with Gasteiger partial charge in [0.05, 0.1) is 41.8 Å². The van der Waals surface area contributed by atoms with Crippen LogP contribution in [0.4, 0.5) is 17.1 Å². The van der Waals surface area contributed by atoms with Gasteiger partial charge in [-0.1, -0.05) is 0 Å². The first-order chi connectivity index (χ1) is 12.1. The molecule has 138 valence electrons. The van der Waals surface area contributed by atoms with Crippen molar-refractivity contribution in [2.45, 2.75) is 18.9 Å². The maximum Gasteiger partial charge on any atom is 0.299 e. The number of anilines is 1. The molecule has 1 aliphatic heterocycles. The first kappa shape index (κ1) is 19.0. The smallest absolute Gasteiger partial charge is 0.299 e. The summed E-state index contributed by atoms with van der Waals surface area (Å²) in [4.78, 5) is 20.4. The lowest BCUT2D eigenvalue weighted by atomic mass is 10.1. The Bertz CT molecular complexity index is 591. The minimum atomic E-state index is -0.664. The Hall–Kier alpha value is -2.30. The van der Waals surface area contributed by atoms with Gasteiger partial charge in [0, 0.05) is 12.6 Å². The van der Waals surface area contributed by atoms with E-state index in [0.717, 1.165) is 32.0 Å². The van der Waals surface area contributed by atoms with Gasteiger partial charge >= 0.3 is 0 Å². The van der Waals surface area contributed by atoms with E-state index in [-0.39, 0.29) is 23.2 Å². The van der Waals surface area contributed by atoms with Crippen molar-refractivity contribution in [1.82, 2.24) is 5.32 Å². The number of piperidine rings is 1. The van der Waals surface area contributed by atoms with Crippen LogP contribution in [0.3, 0.4) is 0 Å². The fraction of sp³-hybridized carbons (Fsp3) is 0.600. The standard InChI is InChI=1S/C15H22N4O6/c20-18(21)12-1-2-14(15(11-12)19(22)23)17-7-8-24-9-10-25-13-3-5-16-6-4-13/h1-2,11,13,16-17H,3-10H2. The van der Waals surface area contributed by atoms with Gasteiger partial charge < -0.3 is 20.1 Å². The van der Waals surface area contributed by atoms with E-state index < -0.39 is 9.85 Å². The lowest BCUT2D eigenvalue weighted by Crippen LogP contribution is -2.33. The number of nitrogens with zero attached hydrogens (tertiary/aromatic N) is 2. The van der Waals surface area contributed by atoms with Gasteiger partial charge in [-0.05, 0) is 32.0 Å². The molecule has 0 radical (unpaired) electrons. The van der Waals surface area contributed by atoms with Crippen LogP contribution in [-0.2, 0) is 9.47 Å². The van der Waals surface area contributed by atoms with Crippen LogP contribution in [0.2, 0.25) is 0 Å². The minimum absolute atomic E-state index is 0.227. The molecule has 1 saturated heterocycles. The van der Waals surface area contributed by atoms with Gasteiger partial charge in [-0.15, -0.1) is 0 Å². The molecule has 1 heterocycles. The van der Waals surface area contributed by atoms with E-state index in [1.165, 1.54) is 12.1 Å². The summed E-state index contributed by atoms with van der Waals surface area (Å²) in [5.74, 6) is 0. The van der Waals surface area contributed by atoms with E-state index in [1.54, 1.807) is 0 Å². The Morgan fingerprint density at radius 1 is 1.12 bits per heavy atom. The maximum absolute atomic E-state index is 11.0. The normalized spacial score (nSPS) is 15.0. The Morgan fingerprint density at radius 3 is 2.56 bits per heavy atom. The maximum atomic E-state index is 11.0. The van der Waals surface area contributed by atoms with Crippen molar-refractivity contribution in [1.29, 1.82) is 0 Å². The number of nitro benzene ring substituents is 2. The van der Waals surface area contributed by atoms with E-state index in [9.17, 15) is 20.2 Å². The number of nitrogens with one attached hydrogen (secondary N) is 2. The summed E-state index contributed by atoms with van der Waals surface area (Å²) in [7, 11) is 0. The van der Waals surface area contributed by atoms with Crippen molar-refractivity contribution in [2.75, 3.05) is 44.8 Å². The number of benzene rings is 1. The summed E-state index contributed by atoms with van der Waals surface area (Å²) >= 11 is 0. The summed E-state index contributed by atoms with van der Waals surface area (Å²) in [6.45, 7) is 3.62. The monoisotopic (exact) mass is 354 g/mol. The molecular formula is C15H22N4O6. The summed E-state index contributed by atoms with van der Waals surface area (Å²) < 4.78 is 11.1. The topological polar surface area (TPSA) is 129 Å². The van der Waals surface area contributed by atoms with Crippen LogP contribution in [0.5, 0.6) is 0 Å². The first-order valence-electron chi connectivity index (χ1n) is 8.14. The zero-order valence-electron chi connectivity index (χ0n) is 13.8. The van der Waals surface area contributed by atoms with Crippen molar-refractivity contribution in [3.8, 4) is 0 Å². The molecule has 0 bridgehead atoms. The molecule has 0 saturated carbocycles. The third-order valence-electron chi connectivity index (χ3n) is 3.82. The van der Waals surface area contributed by atoms with Crippen molar-refractivity contribution < 1.29 is 19.3 Å². The molecular weight excluding hydrogens is 332 g/mol. The quantitative estimate of drug-likeness (QED) is 0.369. The second-order valence-electron chi connectivity index (χ2n) is 5.57. The summed E-state index contributed by atoms with van der Waals surface area (Å²) in [6, 6.07) is 3.50. The number of ether oxygens (including phenoxy) is 2. The third-order valence-corrected chi connectivity index (χ3v) is 3.82. The lowest BCUT2D eigenvalue weighted by molar-refractivity contribution is -0.393. The molecule has 0 aliphatic carbocycles. The molecule has 0 atom stereocenters. The molecule has 25 heavy (non-hydrogen) atoms. The number of nitro groups is 2. The molecule has 0 unspecified atom stereocenters. The minimum Gasteiger partial charge on any atom is -0.377 e. The van der Waals surface area contributed by atoms with E-state index in [1.807, 2.05) is 0 Å². The number of rotatable bonds is 10. The second-order valence-corrected chi connectivity index (χ2v) is 5.57. The van der Waals surface area contributed by atoms with Gasteiger partial charge in [0.25, 0.3) is 11.4 Å². The predicted octanol–water partition coefficient (Wildman–Crippen LogP) is 1.70. The highest BCUT2D eigenvalue weighted by Gasteiger charge is 2.19. The summed E-state index contributed by atoms with van der Waals surface area (Å²) in [5, 5.41) is 27.8. The highest BCUT2D eigenvalue weighted by molar-refractivity contribution is 5.65. The number of hydrogen-bond acceptors (Lipinski definition) is 8. The number of hydrogen-bond donors (Lipinski definition) is 2. The molecule has 1 aromatic rings. The first-order valence-corrected chi connectivity index (χ1v) is 8.14. The second kappa shape index (κ2) is 9.87. The average molecular weight is 354 g/mol. The zero-order valence-corrected chi connectivity index (χ0v) is 13.8. The van der Waals surface area contributed by atoms with Gasteiger partial charge in [0.15, 0.2) is 0 Å². The molecule has 10 heteroatoms. The highest BCUT2D eigenvalue weighted by Crippen LogP contribution is 2.28. The van der Waals surface area contributed by atoms with Gasteiger partial charge in [-0.3, -0.25) is 20.2 Å². The lowest BCUT2D eigenvalue weighted by Gasteiger charge is -2.22. The predicted molar refractivity (Wildman–Crippen MR) is 90.9 cm³/mol. The van der Waals surface area contributed by atoms with Crippen molar-refractivity contribution in [3.63, 3.8) is 0 Å². The third kappa shape index (κ3) is 6.25. The van der Waals surface area contributed by atoms with Crippen LogP contribution < -0.4 is 10.6 Å². The van der Waals surface area contributed by atoms with Crippen LogP contribution in [0.1, 0.15) is 12.8 Å². The summed E-state index contributed by atoms with van der Waals surface area (Å²) in [5.41, 5.74) is -0.419. The van der Waals surface area contributed by atoms with Gasteiger partial charge in [0.1, 0.15) is 5.69 Å². The van der Waals surface area contributed by atoms with Crippen molar-refractivity contribution in [3.05, 3.63) is 38.4 Å². The molecule has 10 nitrogen and oxygen atoms in total. The van der Waals surface area contributed by atoms with Crippen molar-refractivity contribution >= 4 is 17.1 Å². The fourth-order valence-electron chi connectivity index (χ4n) is 2.53. The van der Waals surface area contributed by atoms with Crippen LogP contribution in [0.15, 0.2) is 18.2 Å². The van der Waals surface area contributed by atoms with Gasteiger partial charge in [-0.25, -0.2) is 0 Å². The van der Waals surface area contributed by atoms with Gasteiger partial charge in [-0.2, -0.15) is 0 Å². The molecule has 0 aromatic heterocycles. The largest absolute Gasteiger partial charge is 0.377 e. The fourth-order valence-corrected chi connectivity index (χ4v) is 2.53. The zero-order chi connectivity index (χ0) is 18.1. The molecule has 2 N–H and O–H groups in total. The molecule has 2 rings (SSSR count). The Morgan fingerprint density at radius 2 is 1.88 bits per heavy atom. The van der Waals surface area contributed by atoms with Crippen LogP contribution in [-0.4, -0.2) is 55.4 Å².